The van der Waals surface area contributed by atoms with Gasteiger partial charge in [0, 0.05) is 19.2 Å². The van der Waals surface area contributed by atoms with Crippen LogP contribution in [-0.4, -0.2) is 62.3 Å². The number of amides is 1. The molecule has 0 radical (unpaired) electrons. The van der Waals surface area contributed by atoms with Crippen LogP contribution in [0.1, 0.15) is 38.5 Å². The maximum absolute atomic E-state index is 12.4. The molecule has 1 unspecified atom stereocenters. The Balaban J connectivity index is 1.37. The summed E-state index contributed by atoms with van der Waals surface area (Å²) in [5.74, 6) is 1.01. The summed E-state index contributed by atoms with van der Waals surface area (Å²) >= 11 is 0. The second-order valence-corrected chi connectivity index (χ2v) is 6.69. The lowest BCUT2D eigenvalue weighted by Gasteiger charge is -2.35. The van der Waals surface area contributed by atoms with Crippen molar-refractivity contribution in [2.24, 2.45) is 5.92 Å². The first kappa shape index (κ1) is 15.3. The summed E-state index contributed by atoms with van der Waals surface area (Å²) in [6, 6.07) is 0.687. The Morgan fingerprint density at radius 2 is 2.00 bits per heavy atom. The van der Waals surface area contributed by atoms with Crippen molar-refractivity contribution in [1.82, 2.24) is 15.5 Å². The average molecular weight is 295 g/mol. The Bertz CT molecular complexity index is 340. The van der Waals surface area contributed by atoms with Crippen LogP contribution in [0.4, 0.5) is 0 Å². The first-order valence-electron chi connectivity index (χ1n) is 8.66. The highest BCUT2D eigenvalue weighted by atomic mass is 16.5. The van der Waals surface area contributed by atoms with E-state index in [1.165, 1.54) is 25.7 Å². The summed E-state index contributed by atoms with van der Waals surface area (Å²) < 4.78 is 5.58. The Morgan fingerprint density at radius 3 is 2.76 bits per heavy atom. The Hall–Kier alpha value is -0.650. The fourth-order valence-electron chi connectivity index (χ4n) is 3.54. The first-order valence-corrected chi connectivity index (χ1v) is 8.66. The summed E-state index contributed by atoms with van der Waals surface area (Å²) in [5.41, 5.74) is 0. The van der Waals surface area contributed by atoms with Crippen LogP contribution in [0.3, 0.4) is 0 Å². The van der Waals surface area contributed by atoms with Gasteiger partial charge in [-0.15, -0.1) is 0 Å². The number of rotatable bonds is 7. The third kappa shape index (κ3) is 4.41. The van der Waals surface area contributed by atoms with Crippen LogP contribution >= 0.6 is 0 Å². The van der Waals surface area contributed by atoms with Crippen molar-refractivity contribution in [1.29, 1.82) is 0 Å². The van der Waals surface area contributed by atoms with Crippen molar-refractivity contribution >= 4 is 5.91 Å². The second-order valence-electron chi connectivity index (χ2n) is 6.69. The minimum atomic E-state index is 0.0940. The minimum absolute atomic E-state index is 0.0940. The normalized spacial score (nSPS) is 27.9. The van der Waals surface area contributed by atoms with Crippen LogP contribution in [0.15, 0.2) is 0 Å². The summed E-state index contributed by atoms with van der Waals surface area (Å²) in [5, 5.41) is 6.47. The van der Waals surface area contributed by atoms with Gasteiger partial charge in [0.1, 0.15) is 0 Å². The smallest absolute Gasteiger partial charge is 0.237 e. The number of nitrogens with one attached hydrogen (secondary N) is 2. The number of ether oxygens (including phenoxy) is 1. The number of hydrogen-bond donors (Lipinski definition) is 2. The third-order valence-electron chi connectivity index (χ3n) is 4.97. The zero-order chi connectivity index (χ0) is 14.5. The molecule has 0 spiro atoms. The third-order valence-corrected chi connectivity index (χ3v) is 4.97. The molecular weight excluding hydrogens is 266 g/mol. The monoisotopic (exact) mass is 295 g/mol. The van der Waals surface area contributed by atoms with E-state index in [2.05, 4.69) is 15.5 Å². The number of likely N-dealkylation sites (tertiary alicyclic amines) is 1. The van der Waals surface area contributed by atoms with Gasteiger partial charge in [0.2, 0.25) is 5.91 Å². The molecule has 3 aliphatic rings. The molecule has 3 rings (SSSR count). The van der Waals surface area contributed by atoms with Gasteiger partial charge in [-0.3, -0.25) is 9.69 Å². The summed E-state index contributed by atoms with van der Waals surface area (Å²) in [6.07, 6.45) is 7.15. The summed E-state index contributed by atoms with van der Waals surface area (Å²) in [4.78, 5) is 14.8. The molecule has 0 aromatic rings. The molecule has 1 atom stereocenters. The predicted octanol–water partition coefficient (Wildman–Crippen LogP) is 0.746. The molecular formula is C16H29N3O2. The molecule has 2 N–H and O–H groups in total. The molecule has 120 valence electrons. The summed E-state index contributed by atoms with van der Waals surface area (Å²) in [6.45, 7) is 5.45. The zero-order valence-electron chi connectivity index (χ0n) is 13.0. The van der Waals surface area contributed by atoms with Gasteiger partial charge in [0.15, 0.2) is 0 Å². The topological polar surface area (TPSA) is 53.6 Å². The van der Waals surface area contributed by atoms with E-state index in [1.54, 1.807) is 0 Å². The van der Waals surface area contributed by atoms with E-state index in [1.807, 2.05) is 0 Å². The number of nitrogens with zero attached hydrogens (tertiary/aromatic N) is 1. The van der Waals surface area contributed by atoms with Crippen molar-refractivity contribution in [2.75, 3.05) is 39.4 Å². The molecule has 5 nitrogen and oxygen atoms in total. The first-order chi connectivity index (χ1) is 10.3. The summed E-state index contributed by atoms with van der Waals surface area (Å²) in [7, 11) is 0. The molecule has 0 aromatic carbocycles. The molecule has 5 heteroatoms. The molecule has 0 aromatic heterocycles. The van der Waals surface area contributed by atoms with Crippen LogP contribution in [-0.2, 0) is 9.53 Å². The van der Waals surface area contributed by atoms with Crippen LogP contribution in [0, 0.1) is 5.92 Å². The number of piperidine rings is 1. The van der Waals surface area contributed by atoms with Crippen molar-refractivity contribution in [3.05, 3.63) is 0 Å². The van der Waals surface area contributed by atoms with Gasteiger partial charge in [0.05, 0.1) is 12.6 Å². The Morgan fingerprint density at radius 1 is 1.19 bits per heavy atom. The van der Waals surface area contributed by atoms with Crippen LogP contribution < -0.4 is 10.6 Å². The largest absolute Gasteiger partial charge is 0.379 e. The van der Waals surface area contributed by atoms with Gasteiger partial charge in [-0.1, -0.05) is 0 Å². The molecule has 21 heavy (non-hydrogen) atoms. The molecule has 1 aliphatic carbocycles. The lowest BCUT2D eigenvalue weighted by molar-refractivity contribution is -0.126. The van der Waals surface area contributed by atoms with Crippen LogP contribution in [0.2, 0.25) is 0 Å². The van der Waals surface area contributed by atoms with Crippen molar-refractivity contribution in [3.63, 3.8) is 0 Å². The maximum atomic E-state index is 12.4. The molecule has 2 heterocycles. The van der Waals surface area contributed by atoms with Crippen molar-refractivity contribution in [2.45, 2.75) is 50.6 Å². The molecule has 3 fully saturated rings. The Kier molecular flexibility index (Phi) is 5.49. The lowest BCUT2D eigenvalue weighted by atomic mass is 10.0. The van der Waals surface area contributed by atoms with Gasteiger partial charge in [-0.25, -0.2) is 0 Å². The minimum Gasteiger partial charge on any atom is -0.379 e. The van der Waals surface area contributed by atoms with Crippen LogP contribution in [0.5, 0.6) is 0 Å². The SMILES string of the molecule is O=C(NCCOCC1CC1)C1CCCN1C1CCNCC1. The second kappa shape index (κ2) is 7.56. The quantitative estimate of drug-likeness (QED) is 0.681. The number of carbonyl (C=O) groups is 1. The maximum Gasteiger partial charge on any atom is 0.237 e. The molecule has 2 saturated heterocycles. The molecule has 0 bridgehead atoms. The van der Waals surface area contributed by atoms with E-state index in [0.717, 1.165) is 45.0 Å². The van der Waals surface area contributed by atoms with Crippen molar-refractivity contribution < 1.29 is 9.53 Å². The van der Waals surface area contributed by atoms with Crippen molar-refractivity contribution in [3.8, 4) is 0 Å². The Labute approximate surface area is 127 Å². The van der Waals surface area contributed by atoms with Crippen LogP contribution in [0.25, 0.3) is 0 Å². The van der Waals surface area contributed by atoms with E-state index in [9.17, 15) is 4.79 Å². The number of carbonyl (C=O) groups excluding carboxylic acids is 1. The highest BCUT2D eigenvalue weighted by Crippen LogP contribution is 2.28. The molecule has 2 aliphatic heterocycles. The van der Waals surface area contributed by atoms with E-state index in [4.69, 9.17) is 4.74 Å². The van der Waals surface area contributed by atoms with Gasteiger partial charge in [-0.05, 0) is 64.1 Å². The van der Waals surface area contributed by atoms with E-state index in [-0.39, 0.29) is 11.9 Å². The average Bonchev–Trinajstić information content (AvgIpc) is 3.21. The number of hydrogen-bond acceptors (Lipinski definition) is 4. The fourth-order valence-corrected chi connectivity index (χ4v) is 3.54. The predicted molar refractivity (Wildman–Crippen MR) is 82.2 cm³/mol. The van der Waals surface area contributed by atoms with E-state index >= 15 is 0 Å². The van der Waals surface area contributed by atoms with Gasteiger partial charge < -0.3 is 15.4 Å². The van der Waals surface area contributed by atoms with Gasteiger partial charge >= 0.3 is 0 Å². The molecule has 1 amide bonds. The molecule has 1 saturated carbocycles. The van der Waals surface area contributed by atoms with Gasteiger partial charge in [-0.2, -0.15) is 0 Å². The highest BCUT2D eigenvalue weighted by Gasteiger charge is 2.35. The van der Waals surface area contributed by atoms with E-state index < -0.39 is 0 Å². The zero-order valence-corrected chi connectivity index (χ0v) is 13.0. The van der Waals surface area contributed by atoms with E-state index in [0.29, 0.717) is 19.2 Å². The van der Waals surface area contributed by atoms with Gasteiger partial charge in [0.25, 0.3) is 0 Å². The standard InChI is InChI=1S/C16H29N3O2/c20-16(18-9-11-21-12-13-3-4-13)15-2-1-10-19(15)14-5-7-17-8-6-14/h13-15,17H,1-12H2,(H,18,20). The highest BCUT2D eigenvalue weighted by molar-refractivity contribution is 5.82. The lowest BCUT2D eigenvalue weighted by Crippen LogP contribution is -2.51. The fraction of sp³-hybridized carbons (Fsp3) is 0.938.